The van der Waals surface area contributed by atoms with E-state index in [-0.39, 0.29) is 11.7 Å². The van der Waals surface area contributed by atoms with Gasteiger partial charge >= 0.3 is 0 Å². The number of nitrogens with one attached hydrogen (secondary N) is 2. The molecule has 0 unspecified atom stereocenters. The van der Waals surface area contributed by atoms with Gasteiger partial charge in [0.2, 0.25) is 5.91 Å². The van der Waals surface area contributed by atoms with E-state index >= 15 is 0 Å². The van der Waals surface area contributed by atoms with E-state index in [4.69, 9.17) is 9.47 Å². The number of hydrogen-bond acceptors (Lipinski definition) is 8. The van der Waals surface area contributed by atoms with Crippen LogP contribution in [-0.4, -0.2) is 54.7 Å². The van der Waals surface area contributed by atoms with Gasteiger partial charge in [-0.1, -0.05) is 0 Å². The van der Waals surface area contributed by atoms with Crippen LogP contribution in [-0.2, 0) is 4.79 Å². The minimum Gasteiger partial charge on any atom is -0.493 e. The summed E-state index contributed by atoms with van der Waals surface area (Å²) in [5.41, 5.74) is 2.08. The van der Waals surface area contributed by atoms with Crippen molar-refractivity contribution in [1.29, 1.82) is 0 Å². The average molecular weight is 407 g/mol. The molecule has 30 heavy (non-hydrogen) atoms. The molecule has 2 aliphatic heterocycles. The van der Waals surface area contributed by atoms with Crippen LogP contribution < -0.4 is 20.1 Å². The Kier molecular flexibility index (Phi) is 5.09. The number of anilines is 2. The third kappa shape index (κ3) is 3.57. The van der Waals surface area contributed by atoms with Crippen LogP contribution in [0.5, 0.6) is 11.5 Å². The highest BCUT2D eigenvalue weighted by Crippen LogP contribution is 2.38. The second-order valence-corrected chi connectivity index (χ2v) is 6.74. The van der Waals surface area contributed by atoms with Gasteiger partial charge in [0.15, 0.2) is 17.3 Å². The van der Waals surface area contributed by atoms with Gasteiger partial charge in [0, 0.05) is 42.9 Å². The quantitative estimate of drug-likeness (QED) is 0.579. The largest absolute Gasteiger partial charge is 0.493 e. The zero-order valence-corrected chi connectivity index (χ0v) is 16.9. The first-order valence-electron chi connectivity index (χ1n) is 9.35. The van der Waals surface area contributed by atoms with Crippen LogP contribution in [0.4, 0.5) is 11.5 Å². The van der Waals surface area contributed by atoms with Crippen molar-refractivity contribution in [2.75, 3.05) is 37.9 Å². The molecular formula is C21H21N5O4. The van der Waals surface area contributed by atoms with Gasteiger partial charge in [-0.25, -0.2) is 4.98 Å². The van der Waals surface area contributed by atoms with Crippen molar-refractivity contribution in [2.24, 2.45) is 4.99 Å². The van der Waals surface area contributed by atoms with Crippen molar-refractivity contribution in [2.45, 2.75) is 6.92 Å². The lowest BCUT2D eigenvalue weighted by Gasteiger charge is -2.31. The summed E-state index contributed by atoms with van der Waals surface area (Å²) in [5.74, 6) is 2.56. The third-order valence-electron chi connectivity index (χ3n) is 4.78. The Morgan fingerprint density at radius 1 is 1.20 bits per heavy atom. The Morgan fingerprint density at radius 2 is 1.97 bits per heavy atom. The molecule has 4 rings (SSSR count). The monoisotopic (exact) mass is 407 g/mol. The van der Waals surface area contributed by atoms with Gasteiger partial charge in [-0.2, -0.15) is 0 Å². The molecule has 9 nitrogen and oxygen atoms in total. The average Bonchev–Trinajstić information content (AvgIpc) is 3.23. The van der Waals surface area contributed by atoms with E-state index < -0.39 is 0 Å². The van der Waals surface area contributed by atoms with Crippen LogP contribution in [0.25, 0.3) is 0 Å². The Bertz CT molecular complexity index is 1080. The summed E-state index contributed by atoms with van der Waals surface area (Å²) in [6, 6.07) is 6.92. The van der Waals surface area contributed by atoms with Crippen LogP contribution in [0.1, 0.15) is 22.8 Å². The molecule has 2 aliphatic rings. The first-order valence-corrected chi connectivity index (χ1v) is 9.35. The van der Waals surface area contributed by atoms with E-state index in [1.165, 1.54) is 19.2 Å². The van der Waals surface area contributed by atoms with Crippen LogP contribution in [0.3, 0.4) is 0 Å². The Balaban J connectivity index is 1.65. The molecule has 0 fully saturated rings. The summed E-state index contributed by atoms with van der Waals surface area (Å²) in [5, 5.41) is 5.88. The standard InChI is InChI=1S/C21H21N5O4/c1-12(27)24-19-5-4-13(11-23-19)16(28)10-20-25-15-9-18(30-3)17(29-2)8-14(15)21-22-6-7-26(20)21/h4-5,8-11,25H,6-7H2,1-3H3,(H,23,24,27). The number of rotatable bonds is 5. The van der Waals surface area contributed by atoms with Gasteiger partial charge in [-0.3, -0.25) is 14.6 Å². The van der Waals surface area contributed by atoms with Crippen molar-refractivity contribution < 1.29 is 19.1 Å². The minimum atomic E-state index is -0.221. The van der Waals surface area contributed by atoms with Gasteiger partial charge in [0.25, 0.3) is 0 Å². The van der Waals surface area contributed by atoms with Crippen molar-refractivity contribution in [3.05, 3.63) is 53.5 Å². The van der Waals surface area contributed by atoms with Crippen molar-refractivity contribution >= 4 is 29.0 Å². The lowest BCUT2D eigenvalue weighted by atomic mass is 10.1. The summed E-state index contributed by atoms with van der Waals surface area (Å²) in [7, 11) is 3.16. The van der Waals surface area contributed by atoms with E-state index in [1.807, 2.05) is 17.0 Å². The number of aliphatic imine (C=N–C) groups is 1. The number of amides is 1. The molecule has 154 valence electrons. The van der Waals surface area contributed by atoms with E-state index in [0.29, 0.717) is 41.8 Å². The van der Waals surface area contributed by atoms with Gasteiger partial charge < -0.3 is 25.0 Å². The SMILES string of the molecule is COc1cc2c(cc1OC)C1=NCCN1C(=CC(=O)c1ccc(NC(C)=O)nc1)N2. The van der Waals surface area contributed by atoms with E-state index in [0.717, 1.165) is 17.1 Å². The molecule has 1 aromatic carbocycles. The second kappa shape index (κ2) is 7.86. The fourth-order valence-corrected chi connectivity index (χ4v) is 3.40. The number of hydrogen-bond donors (Lipinski definition) is 2. The zero-order valence-electron chi connectivity index (χ0n) is 16.9. The fourth-order valence-electron chi connectivity index (χ4n) is 3.40. The highest BCUT2D eigenvalue weighted by atomic mass is 16.5. The van der Waals surface area contributed by atoms with Crippen molar-refractivity contribution in [3.8, 4) is 11.5 Å². The number of benzene rings is 1. The van der Waals surface area contributed by atoms with Gasteiger partial charge in [-0.05, 0) is 18.2 Å². The summed E-state index contributed by atoms with van der Waals surface area (Å²) in [6.45, 7) is 2.69. The lowest BCUT2D eigenvalue weighted by molar-refractivity contribution is -0.114. The molecule has 1 aromatic heterocycles. The zero-order chi connectivity index (χ0) is 21.3. The van der Waals surface area contributed by atoms with Gasteiger partial charge in [-0.15, -0.1) is 0 Å². The molecule has 0 saturated heterocycles. The first-order chi connectivity index (χ1) is 14.5. The molecule has 0 bridgehead atoms. The fraction of sp³-hybridized carbons (Fsp3) is 0.238. The number of fused-ring (bicyclic) bond motifs is 3. The van der Waals surface area contributed by atoms with Crippen LogP contribution in [0.15, 0.2) is 47.4 Å². The van der Waals surface area contributed by atoms with Crippen LogP contribution >= 0.6 is 0 Å². The number of allylic oxidation sites excluding steroid dienone is 1. The third-order valence-corrected chi connectivity index (χ3v) is 4.78. The Morgan fingerprint density at radius 3 is 2.63 bits per heavy atom. The molecule has 9 heteroatoms. The number of ether oxygens (including phenoxy) is 2. The Hall–Kier alpha value is -3.88. The first kappa shape index (κ1) is 19.4. The number of carbonyl (C=O) groups excluding carboxylic acids is 2. The number of ketones is 1. The molecule has 0 saturated carbocycles. The maximum Gasteiger partial charge on any atom is 0.222 e. The van der Waals surface area contributed by atoms with Crippen LogP contribution in [0.2, 0.25) is 0 Å². The number of amidine groups is 1. The van der Waals surface area contributed by atoms with E-state index in [1.54, 1.807) is 26.4 Å². The molecule has 2 N–H and O–H groups in total. The number of pyridine rings is 1. The van der Waals surface area contributed by atoms with Crippen molar-refractivity contribution in [1.82, 2.24) is 9.88 Å². The predicted octanol–water partition coefficient (Wildman–Crippen LogP) is 2.27. The maximum atomic E-state index is 12.8. The molecule has 0 radical (unpaired) electrons. The normalized spacial score (nSPS) is 15.6. The van der Waals surface area contributed by atoms with Gasteiger partial charge in [0.05, 0.1) is 26.5 Å². The molecular weight excluding hydrogens is 386 g/mol. The molecule has 0 aliphatic carbocycles. The maximum absolute atomic E-state index is 12.8. The number of carbonyl (C=O) groups is 2. The summed E-state index contributed by atoms with van der Waals surface area (Å²) in [6.07, 6.45) is 2.96. The highest BCUT2D eigenvalue weighted by Gasteiger charge is 2.31. The smallest absolute Gasteiger partial charge is 0.222 e. The summed E-state index contributed by atoms with van der Waals surface area (Å²) in [4.78, 5) is 34.6. The summed E-state index contributed by atoms with van der Waals surface area (Å²) < 4.78 is 10.8. The summed E-state index contributed by atoms with van der Waals surface area (Å²) >= 11 is 0. The number of aromatic nitrogens is 1. The molecule has 2 aromatic rings. The topological polar surface area (TPSA) is 105 Å². The highest BCUT2D eigenvalue weighted by molar-refractivity contribution is 6.10. The predicted molar refractivity (Wildman–Crippen MR) is 112 cm³/mol. The molecule has 1 amide bonds. The minimum absolute atomic E-state index is 0.213. The molecule has 0 spiro atoms. The lowest BCUT2D eigenvalue weighted by Crippen LogP contribution is -2.36. The number of methoxy groups -OCH3 is 2. The second-order valence-electron chi connectivity index (χ2n) is 6.74. The molecule has 0 atom stereocenters. The van der Waals surface area contributed by atoms with Gasteiger partial charge in [0.1, 0.15) is 17.5 Å². The number of nitrogens with zero attached hydrogens (tertiary/aromatic N) is 3. The van der Waals surface area contributed by atoms with Crippen LogP contribution in [0, 0.1) is 0 Å². The van der Waals surface area contributed by atoms with Crippen molar-refractivity contribution in [3.63, 3.8) is 0 Å². The Labute approximate surface area is 173 Å². The molecule has 3 heterocycles. The van der Waals surface area contributed by atoms with E-state index in [2.05, 4.69) is 20.6 Å². The van der Waals surface area contributed by atoms with E-state index in [9.17, 15) is 9.59 Å².